The first-order valence-electron chi connectivity index (χ1n) is 37.1. The van der Waals surface area contributed by atoms with Crippen molar-refractivity contribution in [1.29, 1.82) is 0 Å². The van der Waals surface area contributed by atoms with Crippen molar-refractivity contribution in [3.63, 3.8) is 0 Å². The van der Waals surface area contributed by atoms with E-state index in [0.717, 1.165) is 199 Å². The number of carbonyl (C=O) groups excluding carboxylic acids is 4. The maximum Gasteiger partial charge on any atom is 0.472 e. The number of unbranched alkanes of at least 4 members (excludes halogenated alkanes) is 25. The van der Waals surface area contributed by atoms with Gasteiger partial charge in [0.15, 0.2) is 12.2 Å². The molecule has 0 aliphatic rings. The van der Waals surface area contributed by atoms with E-state index in [-0.39, 0.29) is 25.7 Å². The van der Waals surface area contributed by atoms with Gasteiger partial charge < -0.3 is 33.8 Å². The van der Waals surface area contributed by atoms with Crippen LogP contribution in [0.3, 0.4) is 0 Å². The minimum Gasteiger partial charge on any atom is -0.462 e. The molecule has 0 bridgehead atoms. The molecule has 3 N–H and O–H groups in total. The molecule has 96 heavy (non-hydrogen) atoms. The first kappa shape index (κ1) is 91.7. The van der Waals surface area contributed by atoms with E-state index < -0.39 is 97.5 Å². The second-order valence-electron chi connectivity index (χ2n) is 24.5. The van der Waals surface area contributed by atoms with Crippen LogP contribution in [0.25, 0.3) is 0 Å². The van der Waals surface area contributed by atoms with Gasteiger partial charge in [-0.15, -0.1) is 0 Å². The topological polar surface area (TPSA) is 237 Å². The molecular weight excluding hydrogens is 1260 g/mol. The van der Waals surface area contributed by atoms with Crippen molar-refractivity contribution < 1.29 is 80.2 Å². The number of ether oxygens (including phenoxy) is 4. The van der Waals surface area contributed by atoms with Crippen molar-refractivity contribution in [1.82, 2.24) is 0 Å². The van der Waals surface area contributed by atoms with Crippen LogP contribution in [0.2, 0.25) is 0 Å². The van der Waals surface area contributed by atoms with E-state index in [1.807, 2.05) is 0 Å². The van der Waals surface area contributed by atoms with E-state index in [2.05, 4.69) is 137 Å². The molecule has 0 aliphatic carbocycles. The third-order valence-corrected chi connectivity index (χ3v) is 17.1. The summed E-state index contributed by atoms with van der Waals surface area (Å²) >= 11 is 0. The van der Waals surface area contributed by atoms with Gasteiger partial charge in [-0.05, 0) is 141 Å². The van der Waals surface area contributed by atoms with Crippen molar-refractivity contribution in [2.75, 3.05) is 39.6 Å². The van der Waals surface area contributed by atoms with Crippen LogP contribution in [0.15, 0.2) is 109 Å². The van der Waals surface area contributed by atoms with Gasteiger partial charge in [0.25, 0.3) is 0 Å². The van der Waals surface area contributed by atoms with Gasteiger partial charge in [0.1, 0.15) is 19.3 Å². The molecule has 0 rings (SSSR count). The minimum atomic E-state index is -4.98. The second-order valence-corrected chi connectivity index (χ2v) is 27.4. The average Bonchev–Trinajstić information content (AvgIpc) is 1.14. The summed E-state index contributed by atoms with van der Waals surface area (Å²) < 4.78 is 68.3. The average molecular weight is 1390 g/mol. The lowest BCUT2D eigenvalue weighted by Crippen LogP contribution is -2.30. The summed E-state index contributed by atoms with van der Waals surface area (Å²) in [5.74, 6) is -2.24. The first-order valence-corrected chi connectivity index (χ1v) is 40.1. The Kier molecular flexibility index (Phi) is 66.1. The van der Waals surface area contributed by atoms with Crippen molar-refractivity contribution in [2.45, 2.75) is 316 Å². The van der Waals surface area contributed by atoms with Crippen LogP contribution in [0.5, 0.6) is 0 Å². The summed E-state index contributed by atoms with van der Waals surface area (Å²) in [5.41, 5.74) is 0. The van der Waals surface area contributed by atoms with Crippen LogP contribution in [0, 0.1) is 0 Å². The maximum absolute atomic E-state index is 13.1. The fraction of sp³-hybridized carbons (Fsp3) is 0.714. The Morgan fingerprint density at radius 2 is 0.562 bits per heavy atom. The molecule has 0 aromatic rings. The third-order valence-electron chi connectivity index (χ3n) is 15.2. The first-order chi connectivity index (χ1) is 46.7. The van der Waals surface area contributed by atoms with Gasteiger partial charge in [-0.2, -0.15) is 0 Å². The van der Waals surface area contributed by atoms with E-state index in [9.17, 15) is 43.2 Å². The van der Waals surface area contributed by atoms with E-state index >= 15 is 0 Å². The maximum atomic E-state index is 13.1. The lowest BCUT2D eigenvalue weighted by Gasteiger charge is -2.21. The summed E-state index contributed by atoms with van der Waals surface area (Å²) in [5, 5.41) is 10.6. The molecule has 552 valence electrons. The highest BCUT2D eigenvalue weighted by Crippen LogP contribution is 2.45. The highest BCUT2D eigenvalue weighted by Gasteiger charge is 2.30. The van der Waals surface area contributed by atoms with Crippen LogP contribution in [0.1, 0.15) is 297 Å². The number of rotatable bonds is 69. The summed E-state index contributed by atoms with van der Waals surface area (Å²) in [6.07, 6.45) is 72.3. The molecular formula is C77H132O17P2. The van der Waals surface area contributed by atoms with Gasteiger partial charge in [-0.3, -0.25) is 37.3 Å². The predicted molar refractivity (Wildman–Crippen MR) is 390 cm³/mol. The number of hydrogen-bond acceptors (Lipinski definition) is 15. The number of allylic oxidation sites excluding steroid dienone is 18. The lowest BCUT2D eigenvalue weighted by atomic mass is 10.1. The highest BCUT2D eigenvalue weighted by atomic mass is 31.2. The minimum absolute atomic E-state index is 0.0729. The zero-order chi connectivity index (χ0) is 70.4. The molecule has 19 heteroatoms. The molecule has 5 unspecified atom stereocenters. The molecule has 0 aromatic heterocycles. The Bertz CT molecular complexity index is 2250. The normalized spacial score (nSPS) is 14.6. The van der Waals surface area contributed by atoms with E-state index in [1.165, 1.54) is 19.3 Å². The number of aliphatic hydroxyl groups is 1. The molecule has 0 spiro atoms. The molecule has 17 nitrogen and oxygen atoms in total. The largest absolute Gasteiger partial charge is 0.472 e. The molecule has 0 fully saturated rings. The zero-order valence-corrected chi connectivity index (χ0v) is 61.8. The van der Waals surface area contributed by atoms with Gasteiger partial charge in [0.2, 0.25) is 0 Å². The van der Waals surface area contributed by atoms with E-state index in [0.29, 0.717) is 25.7 Å². The summed E-state index contributed by atoms with van der Waals surface area (Å²) in [6, 6.07) is 0. The monoisotopic (exact) mass is 1390 g/mol. The Balaban J connectivity index is 5.37. The highest BCUT2D eigenvalue weighted by molar-refractivity contribution is 7.47. The van der Waals surface area contributed by atoms with E-state index in [4.69, 9.17) is 37.0 Å². The Morgan fingerprint density at radius 3 is 0.875 bits per heavy atom. The molecule has 0 amide bonds. The molecule has 0 radical (unpaired) electrons. The fourth-order valence-electron chi connectivity index (χ4n) is 9.52. The number of esters is 4. The van der Waals surface area contributed by atoms with Crippen LogP contribution in [0.4, 0.5) is 0 Å². The standard InChI is InChI=1S/C77H132O17P2/c1-5-9-13-17-21-25-29-33-35-39-41-45-49-53-57-61-74(79)87-67-72(93-76(81)63-59-55-51-47-43-37-31-27-23-19-15-11-7-3)69-91-95(83,84)89-65-71(78)66-90-96(85,86)92-70-73(94-77(82)64-60-56-52-48-44-38-32-28-24-20-16-12-8-4)68-88-75(80)62-58-54-50-46-42-40-36-34-30-26-22-18-14-10-6-2/h9,13,15-16,19-22,25-28,31-36,71-73,78H,5-8,10-12,14,17-18,23-24,29-30,37-70H2,1-4H3,(H,83,84)(H,85,86)/b13-9-,19-15-,20-16-,25-21-,26-22-,31-27-,32-28-,35-33-,36-34-. The number of hydrogen-bond donors (Lipinski definition) is 3. The Hall–Kier alpha value is -4.28. The summed E-state index contributed by atoms with van der Waals surface area (Å²) in [6.45, 7) is 4.53. The van der Waals surface area contributed by atoms with Gasteiger partial charge in [-0.25, -0.2) is 9.13 Å². The Labute approximate surface area is 581 Å². The number of phosphoric ester groups is 2. The lowest BCUT2D eigenvalue weighted by molar-refractivity contribution is -0.161. The van der Waals surface area contributed by atoms with Crippen LogP contribution in [-0.2, 0) is 65.4 Å². The quantitative estimate of drug-likeness (QED) is 0.0169. The fourth-order valence-corrected chi connectivity index (χ4v) is 11.1. The SMILES string of the molecule is CC/C=C\C/C=C\C/C=C\CCCCCCCC(=O)OCC(COP(=O)(O)OCC(O)COP(=O)(O)OCC(COC(=O)CCCCCCC/C=C\C/C=C\CCCCC)OC(=O)CCCCCCC/C=C\C/C=C\CCC)OC(=O)CCCCCCC/C=C\C/C=C\CCC. The van der Waals surface area contributed by atoms with Crippen LogP contribution >= 0.6 is 15.6 Å². The van der Waals surface area contributed by atoms with Gasteiger partial charge in [0.05, 0.1) is 26.4 Å². The van der Waals surface area contributed by atoms with Crippen molar-refractivity contribution in [3.8, 4) is 0 Å². The van der Waals surface area contributed by atoms with Crippen LogP contribution in [-0.4, -0.2) is 96.7 Å². The number of carbonyl (C=O) groups is 4. The van der Waals surface area contributed by atoms with Crippen molar-refractivity contribution in [2.24, 2.45) is 0 Å². The van der Waals surface area contributed by atoms with E-state index in [1.54, 1.807) is 0 Å². The summed E-state index contributed by atoms with van der Waals surface area (Å²) in [4.78, 5) is 72.7. The predicted octanol–water partition coefficient (Wildman–Crippen LogP) is 21.0. The third kappa shape index (κ3) is 68.3. The van der Waals surface area contributed by atoms with Crippen LogP contribution < -0.4 is 0 Å². The molecule has 0 saturated carbocycles. The number of aliphatic hydroxyl groups excluding tert-OH is 1. The molecule has 0 heterocycles. The van der Waals surface area contributed by atoms with Gasteiger partial charge in [-0.1, -0.05) is 240 Å². The summed E-state index contributed by atoms with van der Waals surface area (Å²) in [7, 11) is -9.96. The Morgan fingerprint density at radius 1 is 0.302 bits per heavy atom. The zero-order valence-electron chi connectivity index (χ0n) is 60.0. The molecule has 0 saturated heterocycles. The van der Waals surface area contributed by atoms with Gasteiger partial charge in [0, 0.05) is 25.7 Å². The van der Waals surface area contributed by atoms with Crippen molar-refractivity contribution >= 4 is 39.5 Å². The van der Waals surface area contributed by atoms with Gasteiger partial charge >= 0.3 is 39.5 Å². The van der Waals surface area contributed by atoms with Crippen molar-refractivity contribution in [3.05, 3.63) is 109 Å². The number of phosphoric acid groups is 2. The smallest absolute Gasteiger partial charge is 0.462 e. The molecule has 0 aliphatic heterocycles. The second kappa shape index (κ2) is 69.2. The molecule has 5 atom stereocenters. The molecule has 0 aromatic carbocycles.